The maximum Gasteiger partial charge on any atom is 0.253 e. The number of rotatable bonds is 3. The van der Waals surface area contributed by atoms with E-state index in [2.05, 4.69) is 23.4 Å². The van der Waals surface area contributed by atoms with Gasteiger partial charge >= 0.3 is 0 Å². The number of hydrogen-bond acceptors (Lipinski definition) is 3. The highest BCUT2D eigenvalue weighted by Crippen LogP contribution is 2.27. The van der Waals surface area contributed by atoms with Gasteiger partial charge in [0.05, 0.1) is 12.2 Å². The fraction of sp³-hybridized carbons (Fsp3) is 0.474. The van der Waals surface area contributed by atoms with E-state index in [4.69, 9.17) is 0 Å². The predicted octanol–water partition coefficient (Wildman–Crippen LogP) is 1.84. The van der Waals surface area contributed by atoms with Crippen molar-refractivity contribution in [1.82, 2.24) is 20.0 Å². The van der Waals surface area contributed by atoms with Gasteiger partial charge in [0.15, 0.2) is 0 Å². The summed E-state index contributed by atoms with van der Waals surface area (Å²) in [6.07, 6.45) is 0. The molecule has 2 saturated heterocycles. The van der Waals surface area contributed by atoms with Crippen LogP contribution in [0.4, 0.5) is 0 Å². The quantitative estimate of drug-likeness (QED) is 0.937. The minimum atomic E-state index is 0.169. The van der Waals surface area contributed by atoms with Gasteiger partial charge < -0.3 is 10.2 Å². The van der Waals surface area contributed by atoms with Gasteiger partial charge in [-0.05, 0) is 49.4 Å². The molecule has 0 saturated carbocycles. The number of carbonyl (C=O) groups excluding carboxylic acids is 1. The maximum atomic E-state index is 12.7. The third kappa shape index (κ3) is 2.84. The van der Waals surface area contributed by atoms with E-state index >= 15 is 0 Å². The molecule has 2 aliphatic rings. The first-order valence-electron chi connectivity index (χ1n) is 8.70. The second-order valence-corrected chi connectivity index (χ2v) is 7.17. The molecule has 1 aromatic carbocycles. The molecule has 2 fully saturated rings. The van der Waals surface area contributed by atoms with E-state index in [1.807, 2.05) is 40.8 Å². The fourth-order valence-corrected chi connectivity index (χ4v) is 3.96. The van der Waals surface area contributed by atoms with Gasteiger partial charge in [0.1, 0.15) is 0 Å². The van der Waals surface area contributed by atoms with Crippen molar-refractivity contribution in [3.8, 4) is 0 Å². The summed E-state index contributed by atoms with van der Waals surface area (Å²) in [4.78, 5) is 14.7. The van der Waals surface area contributed by atoms with Crippen LogP contribution in [0.3, 0.4) is 0 Å². The lowest BCUT2D eigenvalue weighted by molar-refractivity contribution is 0.0781. The highest BCUT2D eigenvalue weighted by molar-refractivity contribution is 5.94. The van der Waals surface area contributed by atoms with Crippen molar-refractivity contribution in [2.45, 2.75) is 20.4 Å². The molecule has 5 heteroatoms. The second kappa shape index (κ2) is 6.06. The molecule has 4 rings (SSSR count). The first-order chi connectivity index (χ1) is 11.6. The summed E-state index contributed by atoms with van der Waals surface area (Å²) >= 11 is 0. The second-order valence-electron chi connectivity index (χ2n) is 7.17. The number of amides is 1. The number of likely N-dealkylation sites (tertiary alicyclic amines) is 1. The number of nitrogens with zero attached hydrogens (tertiary/aromatic N) is 3. The van der Waals surface area contributed by atoms with Crippen molar-refractivity contribution in [2.24, 2.45) is 11.8 Å². The van der Waals surface area contributed by atoms with Gasteiger partial charge in [0.2, 0.25) is 0 Å². The summed E-state index contributed by atoms with van der Waals surface area (Å²) in [5.74, 6) is 1.44. The zero-order valence-corrected chi connectivity index (χ0v) is 14.3. The number of benzene rings is 1. The molecular formula is C19H24N4O. The van der Waals surface area contributed by atoms with Gasteiger partial charge in [-0.25, -0.2) is 0 Å². The molecule has 0 radical (unpaired) electrons. The Morgan fingerprint density at radius 1 is 1.17 bits per heavy atom. The largest absolute Gasteiger partial charge is 0.338 e. The summed E-state index contributed by atoms with van der Waals surface area (Å²) in [7, 11) is 0. The molecular weight excluding hydrogens is 300 g/mol. The van der Waals surface area contributed by atoms with Crippen LogP contribution in [0, 0.1) is 25.7 Å². The molecule has 2 atom stereocenters. The van der Waals surface area contributed by atoms with Crippen LogP contribution in [0.25, 0.3) is 0 Å². The van der Waals surface area contributed by atoms with Crippen molar-refractivity contribution in [3.63, 3.8) is 0 Å². The van der Waals surface area contributed by atoms with Crippen LogP contribution in [-0.4, -0.2) is 46.8 Å². The molecule has 1 N–H and O–H groups in total. The van der Waals surface area contributed by atoms with Crippen LogP contribution in [0.2, 0.25) is 0 Å². The monoisotopic (exact) mass is 324 g/mol. The maximum absolute atomic E-state index is 12.7. The van der Waals surface area contributed by atoms with Gasteiger partial charge in [-0.3, -0.25) is 9.48 Å². The van der Waals surface area contributed by atoms with Gasteiger partial charge in [0, 0.05) is 37.4 Å². The molecule has 5 nitrogen and oxygen atoms in total. The van der Waals surface area contributed by atoms with Gasteiger partial charge in [-0.15, -0.1) is 0 Å². The lowest BCUT2D eigenvalue weighted by Crippen LogP contribution is -2.31. The van der Waals surface area contributed by atoms with Gasteiger partial charge in [0.25, 0.3) is 5.91 Å². The van der Waals surface area contributed by atoms with Crippen LogP contribution < -0.4 is 5.32 Å². The number of carbonyl (C=O) groups is 1. The lowest BCUT2D eigenvalue weighted by Gasteiger charge is -2.17. The molecule has 0 aliphatic carbocycles. The lowest BCUT2D eigenvalue weighted by atomic mass is 10.0. The summed E-state index contributed by atoms with van der Waals surface area (Å²) in [5, 5.41) is 7.91. The summed E-state index contributed by atoms with van der Waals surface area (Å²) in [6.45, 7) is 8.71. The highest BCUT2D eigenvalue weighted by Gasteiger charge is 2.38. The number of nitrogens with one attached hydrogen (secondary N) is 1. The third-order valence-electron chi connectivity index (χ3n) is 5.31. The van der Waals surface area contributed by atoms with E-state index in [0.717, 1.165) is 49.7 Å². The molecule has 126 valence electrons. The number of hydrogen-bond donors (Lipinski definition) is 1. The Balaban J connectivity index is 1.44. The zero-order chi connectivity index (χ0) is 16.7. The Morgan fingerprint density at radius 2 is 1.83 bits per heavy atom. The van der Waals surface area contributed by atoms with E-state index in [0.29, 0.717) is 11.8 Å². The van der Waals surface area contributed by atoms with Crippen LogP contribution in [0.15, 0.2) is 30.3 Å². The minimum absolute atomic E-state index is 0.169. The minimum Gasteiger partial charge on any atom is -0.338 e. The van der Waals surface area contributed by atoms with Crippen LogP contribution in [0.5, 0.6) is 0 Å². The normalized spacial score (nSPS) is 22.8. The van der Waals surface area contributed by atoms with Crippen LogP contribution in [0.1, 0.15) is 27.3 Å². The Hall–Kier alpha value is -2.14. The van der Waals surface area contributed by atoms with Crippen molar-refractivity contribution in [1.29, 1.82) is 0 Å². The average molecular weight is 324 g/mol. The van der Waals surface area contributed by atoms with Gasteiger partial charge in [-0.1, -0.05) is 12.1 Å². The Morgan fingerprint density at radius 3 is 2.42 bits per heavy atom. The predicted molar refractivity (Wildman–Crippen MR) is 93.0 cm³/mol. The summed E-state index contributed by atoms with van der Waals surface area (Å²) in [5.41, 5.74) is 4.15. The fourth-order valence-electron chi connectivity index (χ4n) is 3.96. The van der Waals surface area contributed by atoms with Crippen molar-refractivity contribution in [3.05, 3.63) is 52.8 Å². The number of aromatic nitrogens is 2. The van der Waals surface area contributed by atoms with Gasteiger partial charge in [-0.2, -0.15) is 5.10 Å². The average Bonchev–Trinajstić information content (AvgIpc) is 3.23. The zero-order valence-electron chi connectivity index (χ0n) is 14.3. The molecule has 0 bridgehead atoms. The van der Waals surface area contributed by atoms with Crippen molar-refractivity contribution < 1.29 is 4.79 Å². The van der Waals surface area contributed by atoms with Crippen LogP contribution in [-0.2, 0) is 6.54 Å². The standard InChI is InChI=1S/C19H24N4O/c1-13-7-14(2)23(21-13)10-15-3-5-16(6-4-15)19(24)22-11-17-8-20-9-18(17)12-22/h3-7,17-18,20H,8-12H2,1-2H3/t17-,18+. The van der Waals surface area contributed by atoms with Crippen LogP contribution >= 0.6 is 0 Å². The van der Waals surface area contributed by atoms with E-state index in [1.54, 1.807) is 0 Å². The SMILES string of the molecule is Cc1cc(C)n(Cc2ccc(C(=O)N3C[C@H]4CNC[C@H]4C3)cc2)n1. The van der Waals surface area contributed by atoms with E-state index in [-0.39, 0.29) is 5.91 Å². The molecule has 0 spiro atoms. The summed E-state index contributed by atoms with van der Waals surface area (Å²) in [6, 6.07) is 10.1. The molecule has 24 heavy (non-hydrogen) atoms. The van der Waals surface area contributed by atoms with E-state index in [9.17, 15) is 4.79 Å². The molecule has 2 aliphatic heterocycles. The smallest absolute Gasteiger partial charge is 0.253 e. The number of fused-ring (bicyclic) bond motifs is 1. The molecule has 3 heterocycles. The summed E-state index contributed by atoms with van der Waals surface area (Å²) < 4.78 is 2.00. The van der Waals surface area contributed by atoms with Crippen molar-refractivity contribution in [2.75, 3.05) is 26.2 Å². The third-order valence-corrected chi connectivity index (χ3v) is 5.31. The molecule has 2 aromatic rings. The topological polar surface area (TPSA) is 50.2 Å². The molecule has 1 aromatic heterocycles. The Kier molecular flexibility index (Phi) is 3.88. The molecule has 1 amide bonds. The van der Waals surface area contributed by atoms with E-state index < -0.39 is 0 Å². The van der Waals surface area contributed by atoms with Crippen molar-refractivity contribution >= 4 is 5.91 Å². The van der Waals surface area contributed by atoms with E-state index in [1.165, 1.54) is 5.56 Å². The number of aryl methyl sites for hydroxylation is 2. The molecule has 0 unspecified atom stereocenters. The Bertz CT molecular complexity index is 737. The highest BCUT2D eigenvalue weighted by atomic mass is 16.2. The first-order valence-corrected chi connectivity index (χ1v) is 8.70. The first kappa shape index (κ1) is 15.4. The Labute approximate surface area is 142 Å².